The molecule has 5 nitrogen and oxygen atoms in total. The van der Waals surface area contributed by atoms with Crippen molar-refractivity contribution in [3.8, 4) is 11.1 Å². The van der Waals surface area contributed by atoms with Crippen molar-refractivity contribution in [3.05, 3.63) is 65.0 Å². The first-order valence-electron chi connectivity index (χ1n) is 8.99. The highest BCUT2D eigenvalue weighted by Gasteiger charge is 2.24. The summed E-state index contributed by atoms with van der Waals surface area (Å²) < 4.78 is 4.97. The maximum absolute atomic E-state index is 12.7. The van der Waals surface area contributed by atoms with Crippen LogP contribution in [0.1, 0.15) is 22.8 Å². The number of anilines is 2. The zero-order valence-corrected chi connectivity index (χ0v) is 18.0. The Morgan fingerprint density at radius 2 is 1.76 bits per heavy atom. The highest BCUT2D eigenvalue weighted by Crippen LogP contribution is 2.37. The van der Waals surface area contributed by atoms with Crippen LogP contribution in [0.15, 0.2) is 58.8 Å². The van der Waals surface area contributed by atoms with Gasteiger partial charge >= 0.3 is 5.97 Å². The number of nitrogens with two attached hydrogens (primary N) is 1. The third-order valence-electron chi connectivity index (χ3n) is 4.34. The molecule has 0 saturated heterocycles. The molecule has 7 heteroatoms. The predicted molar refractivity (Wildman–Crippen MR) is 121 cm³/mol. The summed E-state index contributed by atoms with van der Waals surface area (Å²) in [6.45, 7) is 3.83. The Bertz CT molecular complexity index is 1010. The Hall–Kier alpha value is -2.77. The molecule has 3 aromatic rings. The number of nitrogen functional groups attached to an aromatic ring is 1. The number of thiophene rings is 1. The lowest BCUT2D eigenvalue weighted by Gasteiger charge is -2.12. The molecule has 150 valence electrons. The number of aryl methyl sites for hydroxylation is 1. The molecule has 1 heterocycles. The van der Waals surface area contributed by atoms with Gasteiger partial charge in [-0.2, -0.15) is 0 Å². The summed E-state index contributed by atoms with van der Waals surface area (Å²) in [6, 6.07) is 15.2. The molecule has 0 aliphatic rings. The predicted octanol–water partition coefficient (Wildman–Crippen LogP) is 5.21. The van der Waals surface area contributed by atoms with Crippen molar-refractivity contribution in [2.75, 3.05) is 18.2 Å². The quantitative estimate of drug-likeness (QED) is 0.321. The van der Waals surface area contributed by atoms with Gasteiger partial charge in [0.05, 0.1) is 12.4 Å². The van der Waals surface area contributed by atoms with Crippen molar-refractivity contribution < 1.29 is 14.3 Å². The summed E-state index contributed by atoms with van der Waals surface area (Å²) in [6.07, 6.45) is 0. The fraction of sp³-hybridized carbons (Fsp3) is 0.182. The Balaban J connectivity index is 1.82. The van der Waals surface area contributed by atoms with E-state index in [0.29, 0.717) is 16.3 Å². The zero-order chi connectivity index (χ0) is 21.0. The minimum absolute atomic E-state index is 0.186. The molecular weight excluding hydrogens is 404 g/mol. The minimum Gasteiger partial charge on any atom is -0.465 e. The number of hydrogen-bond donors (Lipinski definition) is 2. The molecule has 0 saturated carbocycles. The molecule has 1 atom stereocenters. The molecule has 0 aliphatic carbocycles. The largest absolute Gasteiger partial charge is 0.465 e. The Kier molecular flexibility index (Phi) is 6.61. The molecule has 1 unspecified atom stereocenters. The number of thioether (sulfide) groups is 1. The topological polar surface area (TPSA) is 81.4 Å². The van der Waals surface area contributed by atoms with Crippen molar-refractivity contribution in [1.82, 2.24) is 0 Å². The van der Waals surface area contributed by atoms with Crippen LogP contribution in [0.25, 0.3) is 11.1 Å². The van der Waals surface area contributed by atoms with Crippen molar-refractivity contribution in [2.24, 2.45) is 0 Å². The number of carbonyl (C=O) groups excluding carboxylic acids is 2. The number of carbonyl (C=O) groups is 2. The number of esters is 1. The lowest BCUT2D eigenvalue weighted by Crippen LogP contribution is -2.23. The molecule has 29 heavy (non-hydrogen) atoms. The van der Waals surface area contributed by atoms with Crippen LogP contribution >= 0.6 is 23.1 Å². The Morgan fingerprint density at radius 3 is 2.38 bits per heavy atom. The number of hydrogen-bond acceptors (Lipinski definition) is 6. The third-order valence-corrected chi connectivity index (χ3v) is 6.35. The van der Waals surface area contributed by atoms with Gasteiger partial charge in [0, 0.05) is 21.5 Å². The molecular formula is C22H22N2O3S2. The second kappa shape index (κ2) is 9.15. The van der Waals surface area contributed by atoms with Gasteiger partial charge in [0.2, 0.25) is 5.91 Å². The molecule has 0 fully saturated rings. The zero-order valence-electron chi connectivity index (χ0n) is 16.4. The van der Waals surface area contributed by atoms with Crippen LogP contribution in [0, 0.1) is 6.92 Å². The molecule has 3 rings (SSSR count). The number of nitrogens with one attached hydrogen (secondary N) is 1. The van der Waals surface area contributed by atoms with Crippen molar-refractivity contribution >= 4 is 45.7 Å². The summed E-state index contributed by atoms with van der Waals surface area (Å²) in [4.78, 5) is 26.1. The van der Waals surface area contributed by atoms with Gasteiger partial charge in [0.1, 0.15) is 10.6 Å². The van der Waals surface area contributed by atoms with Crippen molar-refractivity contribution in [1.29, 1.82) is 0 Å². The number of benzene rings is 2. The third kappa shape index (κ3) is 4.99. The van der Waals surface area contributed by atoms with Crippen molar-refractivity contribution in [2.45, 2.75) is 24.0 Å². The van der Waals surface area contributed by atoms with Gasteiger partial charge in [0.15, 0.2) is 0 Å². The van der Waals surface area contributed by atoms with Crippen molar-refractivity contribution in [3.63, 3.8) is 0 Å². The van der Waals surface area contributed by atoms with Crippen LogP contribution in [0.4, 0.5) is 10.7 Å². The van der Waals surface area contributed by atoms with Gasteiger partial charge in [-0.25, -0.2) is 4.79 Å². The highest BCUT2D eigenvalue weighted by atomic mass is 32.2. The number of rotatable bonds is 6. The van der Waals surface area contributed by atoms with E-state index in [0.717, 1.165) is 21.6 Å². The van der Waals surface area contributed by atoms with E-state index >= 15 is 0 Å². The standard InChI is InChI=1S/C22H22N2O3S2/c1-13-4-6-15(7-5-13)18-12-28-21(19(18)22(26)27-3)24-20(25)14(2)29-17-10-8-16(23)9-11-17/h4-12,14H,23H2,1-3H3,(H,24,25). The van der Waals surface area contributed by atoms with E-state index in [1.165, 1.54) is 30.2 Å². The van der Waals surface area contributed by atoms with Crippen LogP contribution in [0.5, 0.6) is 0 Å². The summed E-state index contributed by atoms with van der Waals surface area (Å²) in [5.41, 5.74) is 9.53. The van der Waals surface area contributed by atoms with E-state index in [-0.39, 0.29) is 11.2 Å². The molecule has 2 aromatic carbocycles. The highest BCUT2D eigenvalue weighted by molar-refractivity contribution is 8.00. The first kappa shape index (κ1) is 21.0. The second-order valence-corrected chi connectivity index (χ2v) is 8.82. The van der Waals surface area contributed by atoms with E-state index in [1.807, 2.05) is 55.6 Å². The van der Waals surface area contributed by atoms with E-state index in [9.17, 15) is 9.59 Å². The summed E-state index contributed by atoms with van der Waals surface area (Å²) in [7, 11) is 1.34. The Labute approximate surface area is 178 Å². The van der Waals surface area contributed by atoms with Gasteiger partial charge in [-0.15, -0.1) is 23.1 Å². The van der Waals surface area contributed by atoms with Gasteiger partial charge in [-0.3, -0.25) is 4.79 Å². The number of ether oxygens (including phenoxy) is 1. The van der Waals surface area contributed by atoms with E-state index in [4.69, 9.17) is 10.5 Å². The van der Waals surface area contributed by atoms with Crippen LogP contribution in [-0.4, -0.2) is 24.2 Å². The maximum atomic E-state index is 12.7. The average molecular weight is 427 g/mol. The van der Waals surface area contributed by atoms with Crippen LogP contribution < -0.4 is 11.1 Å². The fourth-order valence-electron chi connectivity index (χ4n) is 2.72. The molecule has 0 aliphatic heterocycles. The molecule has 1 amide bonds. The molecule has 0 spiro atoms. The molecule has 1 aromatic heterocycles. The van der Waals surface area contributed by atoms with Gasteiger partial charge in [0.25, 0.3) is 0 Å². The van der Waals surface area contributed by atoms with Crippen LogP contribution in [0.3, 0.4) is 0 Å². The van der Waals surface area contributed by atoms with E-state index < -0.39 is 5.97 Å². The smallest absolute Gasteiger partial charge is 0.341 e. The number of amides is 1. The summed E-state index contributed by atoms with van der Waals surface area (Å²) >= 11 is 2.74. The van der Waals surface area contributed by atoms with E-state index in [2.05, 4.69) is 5.32 Å². The Morgan fingerprint density at radius 1 is 1.10 bits per heavy atom. The lowest BCUT2D eigenvalue weighted by molar-refractivity contribution is -0.115. The summed E-state index contributed by atoms with van der Waals surface area (Å²) in [5.74, 6) is -0.662. The first-order valence-corrected chi connectivity index (χ1v) is 10.7. The monoisotopic (exact) mass is 426 g/mol. The second-order valence-electron chi connectivity index (χ2n) is 6.53. The number of methoxy groups -OCH3 is 1. The maximum Gasteiger partial charge on any atom is 0.341 e. The first-order chi connectivity index (χ1) is 13.9. The van der Waals surface area contributed by atoms with Gasteiger partial charge < -0.3 is 15.8 Å². The van der Waals surface area contributed by atoms with Crippen LogP contribution in [0.2, 0.25) is 0 Å². The van der Waals surface area contributed by atoms with E-state index in [1.54, 1.807) is 12.1 Å². The minimum atomic E-state index is -0.476. The van der Waals surface area contributed by atoms with Gasteiger partial charge in [-0.05, 0) is 43.7 Å². The summed E-state index contributed by atoms with van der Waals surface area (Å²) in [5, 5.41) is 4.89. The van der Waals surface area contributed by atoms with Crippen LogP contribution in [-0.2, 0) is 9.53 Å². The molecule has 0 bridgehead atoms. The normalized spacial score (nSPS) is 11.7. The lowest BCUT2D eigenvalue weighted by atomic mass is 10.0. The SMILES string of the molecule is COC(=O)c1c(-c2ccc(C)cc2)csc1NC(=O)C(C)Sc1ccc(N)cc1. The molecule has 0 radical (unpaired) electrons. The molecule has 3 N–H and O–H groups in total. The average Bonchev–Trinajstić information content (AvgIpc) is 3.13. The fourth-order valence-corrected chi connectivity index (χ4v) is 4.55. The van der Waals surface area contributed by atoms with Gasteiger partial charge in [-0.1, -0.05) is 29.8 Å².